The third kappa shape index (κ3) is 7.79. The molecule has 0 saturated carbocycles. The molecule has 208 valence electrons. The topological polar surface area (TPSA) is 112 Å². The molecule has 0 aliphatic carbocycles. The van der Waals surface area contributed by atoms with E-state index in [9.17, 15) is 14.7 Å². The molecular weight excluding hydrogens is 480 g/mol. The highest BCUT2D eigenvalue weighted by Crippen LogP contribution is 2.32. The number of carbonyl (C=O) groups is 2. The van der Waals surface area contributed by atoms with Crippen molar-refractivity contribution in [1.82, 2.24) is 25.0 Å². The summed E-state index contributed by atoms with van der Waals surface area (Å²) >= 11 is 0. The molecule has 1 fully saturated rings. The van der Waals surface area contributed by atoms with Crippen LogP contribution in [0.3, 0.4) is 0 Å². The van der Waals surface area contributed by atoms with Crippen LogP contribution in [0, 0.1) is 5.41 Å². The minimum atomic E-state index is -0.942. The molecule has 4 heterocycles. The minimum Gasteiger partial charge on any atom is -0.480 e. The lowest BCUT2D eigenvalue weighted by atomic mass is 9.79. The zero-order chi connectivity index (χ0) is 27.0. The number of carbonyl (C=O) groups excluding carboxylic acids is 1. The van der Waals surface area contributed by atoms with Crippen LogP contribution >= 0.6 is 0 Å². The Labute approximate surface area is 226 Å². The van der Waals surface area contributed by atoms with Crippen molar-refractivity contribution in [1.29, 1.82) is 0 Å². The van der Waals surface area contributed by atoms with Gasteiger partial charge in [0.25, 0.3) is 0 Å². The maximum atomic E-state index is 13.1. The van der Waals surface area contributed by atoms with E-state index in [-0.39, 0.29) is 5.91 Å². The van der Waals surface area contributed by atoms with Crippen LogP contribution in [0.5, 0.6) is 0 Å². The number of fused-ring (bicyclic) bond motifs is 1. The number of hydrogen-bond donors (Lipinski definition) is 3. The van der Waals surface area contributed by atoms with Gasteiger partial charge < -0.3 is 15.7 Å². The summed E-state index contributed by atoms with van der Waals surface area (Å²) in [5, 5.41) is 20.2. The van der Waals surface area contributed by atoms with E-state index >= 15 is 0 Å². The molecule has 0 radical (unpaired) electrons. The van der Waals surface area contributed by atoms with Gasteiger partial charge in [-0.2, -0.15) is 5.10 Å². The van der Waals surface area contributed by atoms with Gasteiger partial charge in [0.2, 0.25) is 5.91 Å². The number of pyridine rings is 1. The number of carboxylic acid groups (broad SMARTS) is 1. The fourth-order valence-electron chi connectivity index (χ4n) is 5.53. The molecule has 1 saturated heterocycles. The van der Waals surface area contributed by atoms with Crippen LogP contribution in [0.1, 0.15) is 81.5 Å². The van der Waals surface area contributed by atoms with Gasteiger partial charge in [-0.3, -0.25) is 14.4 Å². The fourth-order valence-corrected chi connectivity index (χ4v) is 5.53. The van der Waals surface area contributed by atoms with Crippen molar-refractivity contribution in [3.05, 3.63) is 41.3 Å². The highest BCUT2D eigenvalue weighted by atomic mass is 16.4. The van der Waals surface area contributed by atoms with Crippen molar-refractivity contribution in [3.8, 4) is 0 Å². The second-order valence-corrected chi connectivity index (χ2v) is 11.4. The molecule has 2 aromatic heterocycles. The molecule has 0 unspecified atom stereocenters. The number of unbranched alkanes of at least 4 members (excludes halogenated alkanes) is 4. The van der Waals surface area contributed by atoms with Gasteiger partial charge in [0, 0.05) is 43.0 Å². The van der Waals surface area contributed by atoms with Gasteiger partial charge in [-0.25, -0.2) is 9.78 Å². The Hall–Kier alpha value is -2.94. The van der Waals surface area contributed by atoms with Crippen LogP contribution in [0.15, 0.2) is 24.5 Å². The number of likely N-dealkylation sites (tertiary alicyclic amines) is 1. The summed E-state index contributed by atoms with van der Waals surface area (Å²) in [5.41, 5.74) is 3.10. The van der Waals surface area contributed by atoms with E-state index in [1.165, 1.54) is 17.5 Å². The Balaban J connectivity index is 1.12. The second-order valence-electron chi connectivity index (χ2n) is 11.4. The number of aryl methyl sites for hydroxylation is 3. The van der Waals surface area contributed by atoms with Crippen molar-refractivity contribution >= 4 is 17.7 Å². The molecule has 0 aromatic carbocycles. The van der Waals surface area contributed by atoms with Gasteiger partial charge in [-0.15, -0.1) is 0 Å². The van der Waals surface area contributed by atoms with E-state index in [0.717, 1.165) is 95.5 Å². The van der Waals surface area contributed by atoms with E-state index < -0.39 is 17.4 Å². The first-order valence-corrected chi connectivity index (χ1v) is 14.3. The lowest BCUT2D eigenvalue weighted by Crippen LogP contribution is -2.51. The SMILES string of the molecule is Cn1cc(CN2CCC(C)(C(=O)N[C@@H](CCCCCCCc3ccc4c(n3)NCCC4)C(=O)O)CC2)cn1. The third-order valence-electron chi connectivity index (χ3n) is 8.15. The molecule has 38 heavy (non-hydrogen) atoms. The molecule has 1 atom stereocenters. The number of anilines is 1. The summed E-state index contributed by atoms with van der Waals surface area (Å²) < 4.78 is 1.80. The molecule has 3 N–H and O–H groups in total. The quantitative estimate of drug-likeness (QED) is 0.340. The maximum absolute atomic E-state index is 13.1. The van der Waals surface area contributed by atoms with Crippen LogP contribution in [0.2, 0.25) is 0 Å². The van der Waals surface area contributed by atoms with E-state index in [0.29, 0.717) is 6.42 Å². The molecular formula is C29H44N6O3. The predicted molar refractivity (Wildman–Crippen MR) is 148 cm³/mol. The molecule has 9 heteroatoms. The van der Waals surface area contributed by atoms with Gasteiger partial charge in [0.1, 0.15) is 11.9 Å². The van der Waals surface area contributed by atoms with E-state index in [2.05, 4.69) is 32.8 Å². The number of nitrogens with one attached hydrogen (secondary N) is 2. The van der Waals surface area contributed by atoms with Crippen LogP contribution in [-0.2, 0) is 36.0 Å². The molecule has 4 rings (SSSR count). The summed E-state index contributed by atoms with van der Waals surface area (Å²) in [7, 11) is 1.91. The zero-order valence-corrected chi connectivity index (χ0v) is 23.0. The van der Waals surface area contributed by atoms with Crippen LogP contribution in [0.4, 0.5) is 5.82 Å². The number of carboxylic acids is 1. The molecule has 9 nitrogen and oxygen atoms in total. The monoisotopic (exact) mass is 524 g/mol. The van der Waals surface area contributed by atoms with Crippen molar-refractivity contribution in [2.24, 2.45) is 12.5 Å². The predicted octanol–water partition coefficient (Wildman–Crippen LogP) is 3.93. The average molecular weight is 525 g/mol. The number of amides is 1. The molecule has 2 aromatic rings. The number of piperidine rings is 1. The third-order valence-corrected chi connectivity index (χ3v) is 8.15. The first kappa shape index (κ1) is 28.1. The van der Waals surface area contributed by atoms with Gasteiger partial charge in [0.05, 0.1) is 6.20 Å². The Bertz CT molecular complexity index is 1080. The maximum Gasteiger partial charge on any atom is 0.326 e. The molecule has 2 aliphatic heterocycles. The van der Waals surface area contributed by atoms with Crippen molar-refractivity contribution < 1.29 is 14.7 Å². The molecule has 1 amide bonds. The average Bonchev–Trinajstić information content (AvgIpc) is 3.32. The fraction of sp³-hybridized carbons (Fsp3) is 0.655. The van der Waals surface area contributed by atoms with Crippen molar-refractivity contribution in [3.63, 3.8) is 0 Å². The highest BCUT2D eigenvalue weighted by Gasteiger charge is 2.38. The molecule has 0 bridgehead atoms. The smallest absolute Gasteiger partial charge is 0.326 e. The molecule has 2 aliphatic rings. The number of rotatable bonds is 13. The minimum absolute atomic E-state index is 0.127. The Morgan fingerprint density at radius 2 is 1.92 bits per heavy atom. The normalized spacial score (nSPS) is 17.8. The van der Waals surface area contributed by atoms with Gasteiger partial charge in [-0.05, 0) is 69.7 Å². The summed E-state index contributed by atoms with van der Waals surface area (Å²) in [5.74, 6) is -0.0133. The first-order valence-electron chi connectivity index (χ1n) is 14.3. The summed E-state index contributed by atoms with van der Waals surface area (Å²) in [6.45, 7) is 5.43. The van der Waals surface area contributed by atoms with E-state index in [1.54, 1.807) is 4.68 Å². The summed E-state index contributed by atoms with van der Waals surface area (Å²) in [6, 6.07) is 3.54. The van der Waals surface area contributed by atoms with Crippen molar-refractivity contribution in [2.75, 3.05) is 25.0 Å². The Kier molecular flexibility index (Phi) is 9.77. The summed E-state index contributed by atoms with van der Waals surface area (Å²) in [6.07, 6.45) is 14.1. The highest BCUT2D eigenvalue weighted by molar-refractivity contribution is 5.87. The van der Waals surface area contributed by atoms with E-state index in [1.807, 2.05) is 26.4 Å². The number of aliphatic carboxylic acids is 1. The van der Waals surface area contributed by atoms with Gasteiger partial charge in [-0.1, -0.05) is 38.7 Å². The first-order chi connectivity index (χ1) is 18.3. The van der Waals surface area contributed by atoms with E-state index in [4.69, 9.17) is 4.98 Å². The Morgan fingerprint density at radius 3 is 2.66 bits per heavy atom. The summed E-state index contributed by atoms with van der Waals surface area (Å²) in [4.78, 5) is 32.0. The lowest BCUT2D eigenvalue weighted by molar-refractivity contribution is -0.144. The number of hydrogen-bond acceptors (Lipinski definition) is 6. The Morgan fingerprint density at radius 1 is 1.16 bits per heavy atom. The lowest BCUT2D eigenvalue weighted by Gasteiger charge is -2.38. The second kappa shape index (κ2) is 13.2. The number of aromatic nitrogens is 3. The standard InChI is InChI=1S/C29H44N6O3/c1-29(14-17-35(18-15-29)21-22-19-31-34(2)20-22)28(38)33-25(27(36)37)11-7-5-3-4-6-10-24-13-12-23-9-8-16-30-26(23)32-24/h12-13,19-20,25H,3-11,14-18,21H2,1-2H3,(H,30,32)(H,33,38)(H,36,37)/t25-/m0/s1. The van der Waals surface area contributed by atoms with Crippen LogP contribution < -0.4 is 10.6 Å². The largest absolute Gasteiger partial charge is 0.480 e. The van der Waals surface area contributed by atoms with Gasteiger partial charge >= 0.3 is 5.97 Å². The zero-order valence-electron chi connectivity index (χ0n) is 23.0. The van der Waals surface area contributed by atoms with Crippen molar-refractivity contribution in [2.45, 2.75) is 90.1 Å². The van der Waals surface area contributed by atoms with Crippen LogP contribution in [0.25, 0.3) is 0 Å². The van der Waals surface area contributed by atoms with Crippen LogP contribution in [-0.4, -0.2) is 62.3 Å². The van der Waals surface area contributed by atoms with Gasteiger partial charge in [0.15, 0.2) is 0 Å². The number of nitrogens with zero attached hydrogens (tertiary/aromatic N) is 4. The molecule has 0 spiro atoms.